The number of thioether (sulfide) groups is 1. The average Bonchev–Trinajstić information content (AvgIpc) is 2.81. The Balaban J connectivity index is 2.70. The summed E-state index contributed by atoms with van der Waals surface area (Å²) in [6.07, 6.45) is 0.828. The topological polar surface area (TPSA) is 55.4 Å². The molecule has 0 bridgehead atoms. The molecule has 0 spiro atoms. The summed E-state index contributed by atoms with van der Waals surface area (Å²) in [5.74, 6) is 1.46. The number of ether oxygens (including phenoxy) is 1. The highest BCUT2D eigenvalue weighted by atomic mass is 32.2. The maximum Gasteiger partial charge on any atom is 0.341 e. The lowest BCUT2D eigenvalue weighted by Gasteiger charge is -2.07. The van der Waals surface area contributed by atoms with E-state index in [0.29, 0.717) is 28.8 Å². The van der Waals surface area contributed by atoms with Crippen LogP contribution in [-0.4, -0.2) is 30.0 Å². The van der Waals surface area contributed by atoms with E-state index in [1.165, 1.54) is 11.3 Å². The monoisotopic (exact) mass is 329 g/mol. The molecule has 4 nitrogen and oxygen atoms in total. The number of hydrogen-bond donors (Lipinski definition) is 1. The third-order valence-electron chi connectivity index (χ3n) is 2.56. The van der Waals surface area contributed by atoms with Crippen LogP contribution in [-0.2, 0) is 16.0 Å². The van der Waals surface area contributed by atoms with Gasteiger partial charge < -0.3 is 10.1 Å². The van der Waals surface area contributed by atoms with Gasteiger partial charge >= 0.3 is 5.97 Å². The fourth-order valence-corrected chi connectivity index (χ4v) is 3.47. The number of rotatable bonds is 8. The van der Waals surface area contributed by atoms with Crippen molar-refractivity contribution in [3.8, 4) is 0 Å². The number of carbonyl (C=O) groups excluding carboxylic acids is 2. The first-order valence-corrected chi connectivity index (χ1v) is 9.12. The normalized spacial score (nSPS) is 10.7. The van der Waals surface area contributed by atoms with Crippen LogP contribution in [0.5, 0.6) is 0 Å². The summed E-state index contributed by atoms with van der Waals surface area (Å²) < 4.78 is 5.03. The van der Waals surface area contributed by atoms with Gasteiger partial charge in [-0.3, -0.25) is 4.79 Å². The standard InChI is InChI=1S/C15H23NO3S2/c1-5-11-7-12(15(18)19-6-2)14(21-11)16-13(17)9-20-8-10(3)4/h7,10H,5-6,8-9H2,1-4H3,(H,16,17). The zero-order valence-electron chi connectivity index (χ0n) is 13.0. The van der Waals surface area contributed by atoms with Gasteiger partial charge in [-0.25, -0.2) is 4.79 Å². The predicted molar refractivity (Wildman–Crippen MR) is 90.4 cm³/mol. The lowest BCUT2D eigenvalue weighted by atomic mass is 10.2. The Kier molecular flexibility index (Phi) is 7.82. The first-order valence-electron chi connectivity index (χ1n) is 7.15. The summed E-state index contributed by atoms with van der Waals surface area (Å²) in [4.78, 5) is 24.9. The van der Waals surface area contributed by atoms with Gasteiger partial charge in [-0.05, 0) is 31.1 Å². The van der Waals surface area contributed by atoms with Crippen LogP contribution >= 0.6 is 23.1 Å². The molecule has 1 rings (SSSR count). The zero-order chi connectivity index (χ0) is 15.8. The summed E-state index contributed by atoms with van der Waals surface area (Å²) in [6.45, 7) is 8.36. The van der Waals surface area contributed by atoms with Crippen molar-refractivity contribution in [2.75, 3.05) is 23.4 Å². The van der Waals surface area contributed by atoms with Crippen molar-refractivity contribution < 1.29 is 14.3 Å². The third-order valence-corrected chi connectivity index (χ3v) is 5.13. The summed E-state index contributed by atoms with van der Waals surface area (Å²) in [5, 5.41) is 3.43. The van der Waals surface area contributed by atoms with Crippen LogP contribution in [0, 0.1) is 5.92 Å². The Hall–Kier alpha value is -1.01. The van der Waals surface area contributed by atoms with Crippen LogP contribution in [0.4, 0.5) is 5.00 Å². The van der Waals surface area contributed by atoms with Crippen LogP contribution < -0.4 is 5.32 Å². The lowest BCUT2D eigenvalue weighted by Crippen LogP contribution is -2.16. The van der Waals surface area contributed by atoms with Gasteiger partial charge in [0, 0.05) is 4.88 Å². The molecule has 1 aromatic heterocycles. The van der Waals surface area contributed by atoms with E-state index in [-0.39, 0.29) is 11.9 Å². The molecule has 0 atom stereocenters. The van der Waals surface area contributed by atoms with Gasteiger partial charge in [0.15, 0.2) is 0 Å². The molecule has 0 saturated carbocycles. The van der Waals surface area contributed by atoms with E-state index >= 15 is 0 Å². The molecular weight excluding hydrogens is 306 g/mol. The van der Waals surface area contributed by atoms with E-state index < -0.39 is 0 Å². The zero-order valence-corrected chi connectivity index (χ0v) is 14.7. The first-order chi connectivity index (χ1) is 9.97. The number of carbonyl (C=O) groups is 2. The lowest BCUT2D eigenvalue weighted by molar-refractivity contribution is -0.113. The highest BCUT2D eigenvalue weighted by molar-refractivity contribution is 7.99. The molecule has 0 aromatic carbocycles. The fraction of sp³-hybridized carbons (Fsp3) is 0.600. The second-order valence-electron chi connectivity index (χ2n) is 4.99. The van der Waals surface area contributed by atoms with Gasteiger partial charge in [0.25, 0.3) is 0 Å². The first kappa shape index (κ1) is 18.0. The highest BCUT2D eigenvalue weighted by Gasteiger charge is 2.18. The molecule has 21 heavy (non-hydrogen) atoms. The van der Waals surface area contributed by atoms with E-state index in [1.807, 2.05) is 6.92 Å². The second-order valence-corrected chi connectivity index (χ2v) is 7.15. The number of esters is 1. The van der Waals surface area contributed by atoms with E-state index in [0.717, 1.165) is 17.1 Å². The SMILES string of the molecule is CCOC(=O)c1cc(CC)sc1NC(=O)CSCC(C)C. The van der Waals surface area contributed by atoms with E-state index in [4.69, 9.17) is 4.74 Å². The number of amides is 1. The largest absolute Gasteiger partial charge is 0.462 e. The van der Waals surface area contributed by atoms with Crippen LogP contribution in [0.1, 0.15) is 42.9 Å². The highest BCUT2D eigenvalue weighted by Crippen LogP contribution is 2.29. The number of aryl methyl sites for hydroxylation is 1. The van der Waals surface area contributed by atoms with Gasteiger partial charge in [-0.1, -0.05) is 20.8 Å². The molecule has 0 fully saturated rings. The second kappa shape index (κ2) is 9.10. The minimum absolute atomic E-state index is 0.0734. The van der Waals surface area contributed by atoms with Crippen molar-refractivity contribution in [3.63, 3.8) is 0 Å². The van der Waals surface area contributed by atoms with Gasteiger partial charge in [0.05, 0.1) is 17.9 Å². The molecule has 0 aliphatic heterocycles. The Morgan fingerprint density at radius 2 is 2.10 bits per heavy atom. The summed E-state index contributed by atoms with van der Waals surface area (Å²) in [7, 11) is 0. The maximum absolute atomic E-state index is 11.9. The van der Waals surface area contributed by atoms with E-state index in [9.17, 15) is 9.59 Å². The van der Waals surface area contributed by atoms with Crippen molar-refractivity contribution in [1.29, 1.82) is 0 Å². The summed E-state index contributed by atoms with van der Waals surface area (Å²) in [5.41, 5.74) is 0.459. The van der Waals surface area contributed by atoms with Crippen LogP contribution in [0.3, 0.4) is 0 Å². The number of thiophene rings is 1. The predicted octanol–water partition coefficient (Wildman–Crippen LogP) is 3.81. The molecule has 0 unspecified atom stereocenters. The molecular formula is C15H23NO3S2. The maximum atomic E-state index is 11.9. The molecule has 1 heterocycles. The number of anilines is 1. The van der Waals surface area contributed by atoms with Crippen LogP contribution in [0.25, 0.3) is 0 Å². The molecule has 6 heteroatoms. The van der Waals surface area contributed by atoms with Gasteiger partial charge in [0.2, 0.25) is 5.91 Å². The van der Waals surface area contributed by atoms with Crippen molar-refractivity contribution >= 4 is 40.0 Å². The molecule has 118 valence electrons. The molecule has 0 aliphatic carbocycles. The third kappa shape index (κ3) is 6.09. The van der Waals surface area contributed by atoms with Gasteiger partial charge in [-0.15, -0.1) is 11.3 Å². The molecule has 1 amide bonds. The van der Waals surface area contributed by atoms with E-state index in [1.54, 1.807) is 24.8 Å². The fourth-order valence-electron chi connectivity index (χ4n) is 1.62. The van der Waals surface area contributed by atoms with Crippen LogP contribution in [0.15, 0.2) is 6.07 Å². The van der Waals surface area contributed by atoms with Crippen LogP contribution in [0.2, 0.25) is 0 Å². The van der Waals surface area contributed by atoms with Crippen molar-refractivity contribution in [1.82, 2.24) is 0 Å². The quantitative estimate of drug-likeness (QED) is 0.737. The number of hydrogen-bond acceptors (Lipinski definition) is 5. The minimum Gasteiger partial charge on any atom is -0.462 e. The Labute approximate surface area is 134 Å². The van der Waals surface area contributed by atoms with Crippen molar-refractivity contribution in [2.45, 2.75) is 34.1 Å². The Bertz CT molecular complexity index is 483. The molecule has 1 N–H and O–H groups in total. The number of nitrogens with one attached hydrogen (secondary N) is 1. The molecule has 0 aliphatic rings. The molecule has 0 saturated heterocycles. The molecule has 1 aromatic rings. The van der Waals surface area contributed by atoms with Crippen molar-refractivity contribution in [2.24, 2.45) is 5.92 Å². The van der Waals surface area contributed by atoms with Gasteiger partial charge in [0.1, 0.15) is 5.00 Å². The molecule has 0 radical (unpaired) electrons. The van der Waals surface area contributed by atoms with Gasteiger partial charge in [-0.2, -0.15) is 11.8 Å². The summed E-state index contributed by atoms with van der Waals surface area (Å²) >= 11 is 3.04. The Morgan fingerprint density at radius 1 is 1.38 bits per heavy atom. The Morgan fingerprint density at radius 3 is 2.67 bits per heavy atom. The summed E-state index contributed by atoms with van der Waals surface area (Å²) in [6, 6.07) is 1.81. The van der Waals surface area contributed by atoms with E-state index in [2.05, 4.69) is 19.2 Å². The average molecular weight is 329 g/mol. The minimum atomic E-state index is -0.376. The van der Waals surface area contributed by atoms with Crippen molar-refractivity contribution in [3.05, 3.63) is 16.5 Å². The smallest absolute Gasteiger partial charge is 0.341 e.